The van der Waals surface area contributed by atoms with E-state index < -0.39 is 0 Å². The van der Waals surface area contributed by atoms with E-state index >= 15 is 0 Å². The summed E-state index contributed by atoms with van der Waals surface area (Å²) in [5, 5.41) is 6.46. The summed E-state index contributed by atoms with van der Waals surface area (Å²) < 4.78 is 0. The third-order valence-electron chi connectivity index (χ3n) is 4.14. The highest BCUT2D eigenvalue weighted by atomic mass is 16.2. The second kappa shape index (κ2) is 5.17. The molecule has 0 radical (unpaired) electrons. The van der Waals surface area contributed by atoms with Gasteiger partial charge in [-0.3, -0.25) is 4.79 Å². The lowest BCUT2D eigenvalue weighted by atomic mass is 9.95. The molecule has 0 saturated heterocycles. The molecular formula is C13H24N2O. The van der Waals surface area contributed by atoms with Crippen molar-refractivity contribution in [2.75, 3.05) is 6.54 Å². The molecule has 2 rings (SSSR count). The Balaban J connectivity index is 1.74. The van der Waals surface area contributed by atoms with Crippen molar-refractivity contribution in [1.82, 2.24) is 10.6 Å². The normalized spacial score (nSPS) is 34.0. The lowest BCUT2D eigenvalue weighted by molar-refractivity contribution is -0.123. The maximum absolute atomic E-state index is 11.7. The van der Waals surface area contributed by atoms with E-state index in [9.17, 15) is 4.79 Å². The number of amides is 1. The van der Waals surface area contributed by atoms with Gasteiger partial charge in [0.2, 0.25) is 5.91 Å². The zero-order valence-electron chi connectivity index (χ0n) is 10.5. The largest absolute Gasteiger partial charge is 0.355 e. The van der Waals surface area contributed by atoms with Gasteiger partial charge in [-0.25, -0.2) is 0 Å². The van der Waals surface area contributed by atoms with Gasteiger partial charge >= 0.3 is 0 Å². The van der Waals surface area contributed by atoms with Crippen molar-refractivity contribution in [3.05, 3.63) is 0 Å². The Morgan fingerprint density at radius 2 is 2.19 bits per heavy atom. The molecule has 2 bridgehead atoms. The SMILES string of the molecule is CCCNC(=O)C(C)NC1CC2CCC1C2. The van der Waals surface area contributed by atoms with Gasteiger partial charge in [-0.1, -0.05) is 13.3 Å². The maximum atomic E-state index is 11.7. The fourth-order valence-electron chi connectivity index (χ4n) is 3.25. The number of carbonyl (C=O) groups excluding carboxylic acids is 1. The minimum atomic E-state index is -0.0316. The number of hydrogen-bond acceptors (Lipinski definition) is 2. The topological polar surface area (TPSA) is 41.1 Å². The van der Waals surface area contributed by atoms with Gasteiger partial charge in [0, 0.05) is 12.6 Å². The molecule has 0 aromatic heterocycles. The number of nitrogens with one attached hydrogen (secondary N) is 2. The monoisotopic (exact) mass is 224 g/mol. The Morgan fingerprint density at radius 1 is 1.38 bits per heavy atom. The summed E-state index contributed by atoms with van der Waals surface area (Å²) in [5.74, 6) is 1.93. The summed E-state index contributed by atoms with van der Waals surface area (Å²) in [6, 6.07) is 0.567. The molecule has 4 unspecified atom stereocenters. The van der Waals surface area contributed by atoms with Crippen molar-refractivity contribution >= 4 is 5.91 Å². The minimum absolute atomic E-state index is 0.0316. The predicted octanol–water partition coefficient (Wildman–Crippen LogP) is 1.68. The zero-order chi connectivity index (χ0) is 11.5. The lowest BCUT2D eigenvalue weighted by Gasteiger charge is -2.26. The summed E-state index contributed by atoms with van der Waals surface area (Å²) in [7, 11) is 0. The van der Waals surface area contributed by atoms with Gasteiger partial charge in [-0.05, 0) is 44.4 Å². The molecule has 16 heavy (non-hydrogen) atoms. The van der Waals surface area contributed by atoms with Gasteiger partial charge in [0.05, 0.1) is 6.04 Å². The molecule has 2 fully saturated rings. The molecule has 0 aromatic carbocycles. The second-order valence-electron chi connectivity index (χ2n) is 5.46. The van der Waals surface area contributed by atoms with E-state index in [0.717, 1.165) is 24.8 Å². The highest BCUT2D eigenvalue weighted by Gasteiger charge is 2.40. The third kappa shape index (κ3) is 2.57. The van der Waals surface area contributed by atoms with E-state index in [2.05, 4.69) is 17.6 Å². The average molecular weight is 224 g/mol. The summed E-state index contributed by atoms with van der Waals surface area (Å²) >= 11 is 0. The third-order valence-corrected chi connectivity index (χ3v) is 4.14. The van der Waals surface area contributed by atoms with Crippen LogP contribution in [0.5, 0.6) is 0 Å². The maximum Gasteiger partial charge on any atom is 0.236 e. The van der Waals surface area contributed by atoms with Gasteiger partial charge in [0.25, 0.3) is 0 Å². The molecule has 3 nitrogen and oxygen atoms in total. The number of hydrogen-bond donors (Lipinski definition) is 2. The Labute approximate surface area is 98.4 Å². The molecule has 2 aliphatic rings. The van der Waals surface area contributed by atoms with Gasteiger partial charge in [-0.15, -0.1) is 0 Å². The Kier molecular flexibility index (Phi) is 3.85. The standard InChI is InChI=1S/C13H24N2O/c1-3-6-14-13(16)9(2)15-12-8-10-4-5-11(12)7-10/h9-12,15H,3-8H2,1-2H3,(H,14,16). The molecule has 0 aliphatic heterocycles. The van der Waals surface area contributed by atoms with Crippen LogP contribution in [0.3, 0.4) is 0 Å². The first-order valence-corrected chi connectivity index (χ1v) is 6.74. The Bertz CT molecular complexity index is 254. The molecule has 4 atom stereocenters. The van der Waals surface area contributed by atoms with E-state index in [1.165, 1.54) is 25.7 Å². The molecule has 2 N–H and O–H groups in total. The second-order valence-corrected chi connectivity index (χ2v) is 5.46. The number of carbonyl (C=O) groups is 1. The zero-order valence-corrected chi connectivity index (χ0v) is 10.5. The first-order valence-electron chi connectivity index (χ1n) is 6.74. The van der Waals surface area contributed by atoms with Crippen molar-refractivity contribution in [2.45, 2.75) is 58.0 Å². The minimum Gasteiger partial charge on any atom is -0.355 e. The average Bonchev–Trinajstić information content (AvgIpc) is 2.87. The fourth-order valence-corrected chi connectivity index (χ4v) is 3.25. The van der Waals surface area contributed by atoms with Crippen LogP contribution in [-0.4, -0.2) is 24.5 Å². The van der Waals surface area contributed by atoms with Crippen LogP contribution in [0.2, 0.25) is 0 Å². The molecule has 2 saturated carbocycles. The highest BCUT2D eigenvalue weighted by molar-refractivity contribution is 5.81. The highest BCUT2D eigenvalue weighted by Crippen LogP contribution is 2.44. The van der Waals surface area contributed by atoms with Crippen molar-refractivity contribution in [3.63, 3.8) is 0 Å². The van der Waals surface area contributed by atoms with E-state index in [4.69, 9.17) is 0 Å². The lowest BCUT2D eigenvalue weighted by Crippen LogP contribution is -2.48. The van der Waals surface area contributed by atoms with Crippen LogP contribution < -0.4 is 10.6 Å². The number of rotatable bonds is 5. The molecule has 1 amide bonds. The molecule has 92 valence electrons. The van der Waals surface area contributed by atoms with E-state index in [-0.39, 0.29) is 11.9 Å². The number of fused-ring (bicyclic) bond motifs is 2. The van der Waals surface area contributed by atoms with Crippen molar-refractivity contribution in [1.29, 1.82) is 0 Å². The summed E-state index contributed by atoms with van der Waals surface area (Å²) in [5.41, 5.74) is 0. The van der Waals surface area contributed by atoms with E-state index in [1.807, 2.05) is 6.92 Å². The van der Waals surface area contributed by atoms with Gasteiger partial charge in [0.1, 0.15) is 0 Å². The molecule has 0 aromatic rings. The summed E-state index contributed by atoms with van der Waals surface area (Å²) in [6.45, 7) is 4.85. The van der Waals surface area contributed by atoms with Crippen LogP contribution in [0.1, 0.15) is 46.0 Å². The van der Waals surface area contributed by atoms with Gasteiger partial charge < -0.3 is 10.6 Å². The van der Waals surface area contributed by atoms with Crippen LogP contribution in [0.15, 0.2) is 0 Å². The van der Waals surface area contributed by atoms with Crippen LogP contribution in [0, 0.1) is 11.8 Å². The summed E-state index contributed by atoms with van der Waals surface area (Å²) in [4.78, 5) is 11.7. The Morgan fingerprint density at radius 3 is 2.75 bits per heavy atom. The smallest absolute Gasteiger partial charge is 0.236 e. The van der Waals surface area contributed by atoms with Crippen LogP contribution >= 0.6 is 0 Å². The van der Waals surface area contributed by atoms with Gasteiger partial charge in [-0.2, -0.15) is 0 Å². The first kappa shape index (κ1) is 11.9. The molecule has 3 heteroatoms. The van der Waals surface area contributed by atoms with Crippen LogP contribution in [0.4, 0.5) is 0 Å². The predicted molar refractivity (Wildman–Crippen MR) is 65.1 cm³/mol. The quantitative estimate of drug-likeness (QED) is 0.746. The van der Waals surface area contributed by atoms with Crippen LogP contribution in [0.25, 0.3) is 0 Å². The molecule has 0 heterocycles. The van der Waals surface area contributed by atoms with Crippen molar-refractivity contribution in [2.24, 2.45) is 11.8 Å². The fraction of sp³-hybridized carbons (Fsp3) is 0.923. The molecule has 0 spiro atoms. The van der Waals surface area contributed by atoms with E-state index in [1.54, 1.807) is 0 Å². The molecule has 2 aliphatic carbocycles. The van der Waals surface area contributed by atoms with E-state index in [0.29, 0.717) is 6.04 Å². The summed E-state index contributed by atoms with van der Waals surface area (Å²) in [6.07, 6.45) is 6.47. The first-order chi connectivity index (χ1) is 7.70. The van der Waals surface area contributed by atoms with Crippen molar-refractivity contribution in [3.8, 4) is 0 Å². The Hall–Kier alpha value is -0.570. The molecular weight excluding hydrogens is 200 g/mol. The van der Waals surface area contributed by atoms with Crippen LogP contribution in [-0.2, 0) is 4.79 Å². The van der Waals surface area contributed by atoms with Crippen molar-refractivity contribution < 1.29 is 4.79 Å². The van der Waals surface area contributed by atoms with Gasteiger partial charge in [0.15, 0.2) is 0 Å².